The Morgan fingerprint density at radius 1 is 1.31 bits per heavy atom. The van der Waals surface area contributed by atoms with Crippen LogP contribution in [0.5, 0.6) is 5.75 Å². The lowest BCUT2D eigenvalue weighted by Gasteiger charge is -2.12. The second kappa shape index (κ2) is 7.88. The molecule has 2 heterocycles. The van der Waals surface area contributed by atoms with Crippen LogP contribution in [0.25, 0.3) is 0 Å². The molecule has 0 bridgehead atoms. The van der Waals surface area contributed by atoms with Gasteiger partial charge in [0.15, 0.2) is 0 Å². The third-order valence-corrected chi connectivity index (χ3v) is 4.05. The van der Waals surface area contributed by atoms with Crippen molar-refractivity contribution < 1.29 is 13.9 Å². The monoisotopic (exact) mass is 372 g/mol. The van der Waals surface area contributed by atoms with Gasteiger partial charge in [0.1, 0.15) is 11.5 Å². The summed E-state index contributed by atoms with van der Waals surface area (Å²) in [6.45, 7) is 2.31. The highest BCUT2D eigenvalue weighted by Crippen LogP contribution is 2.31. The van der Waals surface area contributed by atoms with Gasteiger partial charge in [-0.15, -0.1) is 0 Å². The first-order chi connectivity index (χ1) is 12.6. The van der Waals surface area contributed by atoms with Crippen molar-refractivity contribution in [3.8, 4) is 5.75 Å². The maximum atomic E-state index is 12.4. The number of carbonyl (C=O) groups excluding carboxylic acids is 1. The summed E-state index contributed by atoms with van der Waals surface area (Å²) in [6, 6.07) is 7.05. The largest absolute Gasteiger partial charge is 0.495 e. The third kappa shape index (κ3) is 4.12. The number of ether oxygens (including phenoxy) is 1. The number of furan rings is 1. The van der Waals surface area contributed by atoms with Crippen molar-refractivity contribution >= 4 is 29.1 Å². The second-order valence-corrected chi connectivity index (χ2v) is 5.89. The summed E-state index contributed by atoms with van der Waals surface area (Å²) < 4.78 is 10.5. The van der Waals surface area contributed by atoms with Crippen LogP contribution in [0.15, 0.2) is 47.3 Å². The number of aromatic nitrogens is 2. The number of carbonyl (C=O) groups is 1. The van der Waals surface area contributed by atoms with E-state index < -0.39 is 0 Å². The smallest absolute Gasteiger partial charge is 0.258 e. The number of benzene rings is 1. The Morgan fingerprint density at radius 3 is 2.73 bits per heavy atom. The van der Waals surface area contributed by atoms with Crippen molar-refractivity contribution in [1.29, 1.82) is 0 Å². The van der Waals surface area contributed by atoms with E-state index in [0.29, 0.717) is 34.5 Å². The van der Waals surface area contributed by atoms with Gasteiger partial charge in [-0.05, 0) is 30.7 Å². The van der Waals surface area contributed by atoms with Gasteiger partial charge in [-0.25, -0.2) is 9.97 Å². The molecule has 0 saturated heterocycles. The number of methoxy groups -OCH3 is 1. The quantitative estimate of drug-likeness (QED) is 0.682. The van der Waals surface area contributed by atoms with Crippen LogP contribution in [0.4, 0.5) is 11.6 Å². The van der Waals surface area contributed by atoms with E-state index in [1.807, 2.05) is 13.0 Å². The fourth-order valence-electron chi connectivity index (χ4n) is 2.24. The standard InChI is InChI=1S/C18H17ClN4O3/c1-11-6-15(16(25-2)7-14(11)19)23-17(24)12-8-20-18(21-9-12)22-10-13-4-3-5-26-13/h3-9H,10H2,1-2H3,(H,23,24)(H,20,21,22). The molecular weight excluding hydrogens is 356 g/mol. The van der Waals surface area contributed by atoms with Crippen LogP contribution < -0.4 is 15.4 Å². The Morgan fingerprint density at radius 2 is 2.08 bits per heavy atom. The highest BCUT2D eigenvalue weighted by molar-refractivity contribution is 6.31. The molecule has 0 unspecified atom stereocenters. The molecule has 0 aliphatic carbocycles. The van der Waals surface area contributed by atoms with Crippen molar-refractivity contribution in [2.75, 3.05) is 17.7 Å². The Balaban J connectivity index is 1.67. The van der Waals surface area contributed by atoms with Crippen LogP contribution in [0, 0.1) is 6.92 Å². The Kier molecular flexibility index (Phi) is 5.38. The van der Waals surface area contributed by atoms with Crippen LogP contribution in [-0.2, 0) is 6.54 Å². The van der Waals surface area contributed by atoms with E-state index in [4.69, 9.17) is 20.8 Å². The number of rotatable bonds is 6. The van der Waals surface area contributed by atoms with Crippen LogP contribution in [-0.4, -0.2) is 23.0 Å². The lowest BCUT2D eigenvalue weighted by atomic mass is 10.2. The first-order valence-electron chi connectivity index (χ1n) is 7.80. The van der Waals surface area contributed by atoms with E-state index >= 15 is 0 Å². The van der Waals surface area contributed by atoms with Gasteiger partial charge < -0.3 is 19.8 Å². The highest BCUT2D eigenvalue weighted by Gasteiger charge is 2.13. The Hall–Kier alpha value is -3.06. The number of hydrogen-bond acceptors (Lipinski definition) is 6. The molecule has 2 N–H and O–H groups in total. The number of aryl methyl sites for hydroxylation is 1. The van der Waals surface area contributed by atoms with Crippen LogP contribution in [0.3, 0.4) is 0 Å². The fourth-order valence-corrected chi connectivity index (χ4v) is 2.39. The van der Waals surface area contributed by atoms with E-state index in [1.165, 1.54) is 19.5 Å². The van der Waals surface area contributed by atoms with Crippen molar-refractivity contribution in [2.45, 2.75) is 13.5 Å². The fraction of sp³-hybridized carbons (Fsp3) is 0.167. The molecule has 1 aromatic carbocycles. The number of halogens is 1. The molecule has 8 heteroatoms. The maximum Gasteiger partial charge on any atom is 0.258 e. The van der Waals surface area contributed by atoms with E-state index in [1.54, 1.807) is 24.5 Å². The first kappa shape index (κ1) is 17.8. The summed E-state index contributed by atoms with van der Waals surface area (Å²) in [7, 11) is 1.51. The zero-order valence-corrected chi connectivity index (χ0v) is 15.0. The van der Waals surface area contributed by atoms with E-state index in [-0.39, 0.29) is 5.91 Å². The lowest BCUT2D eigenvalue weighted by Crippen LogP contribution is -2.14. The molecule has 2 aromatic heterocycles. The summed E-state index contributed by atoms with van der Waals surface area (Å²) in [4.78, 5) is 20.7. The topological polar surface area (TPSA) is 89.3 Å². The highest BCUT2D eigenvalue weighted by atomic mass is 35.5. The van der Waals surface area contributed by atoms with Crippen molar-refractivity contribution in [3.05, 3.63) is 64.8 Å². The molecular formula is C18H17ClN4O3. The summed E-state index contributed by atoms with van der Waals surface area (Å²) in [6.07, 6.45) is 4.49. The van der Waals surface area contributed by atoms with Gasteiger partial charge in [0.25, 0.3) is 5.91 Å². The minimum atomic E-state index is -0.345. The van der Waals surface area contributed by atoms with Crippen molar-refractivity contribution in [2.24, 2.45) is 0 Å². The van der Waals surface area contributed by atoms with Gasteiger partial charge in [-0.3, -0.25) is 4.79 Å². The first-order valence-corrected chi connectivity index (χ1v) is 8.18. The van der Waals surface area contributed by atoms with Gasteiger partial charge in [-0.1, -0.05) is 11.6 Å². The molecule has 0 fully saturated rings. The molecule has 0 radical (unpaired) electrons. The summed E-state index contributed by atoms with van der Waals surface area (Å²) in [5.41, 5.74) is 1.68. The number of amides is 1. The summed E-state index contributed by atoms with van der Waals surface area (Å²) in [5.74, 6) is 1.30. The van der Waals surface area contributed by atoms with Gasteiger partial charge in [-0.2, -0.15) is 0 Å². The van der Waals surface area contributed by atoms with Crippen molar-refractivity contribution in [3.63, 3.8) is 0 Å². The normalized spacial score (nSPS) is 10.4. The molecule has 0 atom stereocenters. The average molecular weight is 373 g/mol. The number of anilines is 2. The minimum absolute atomic E-state index is 0.322. The zero-order chi connectivity index (χ0) is 18.5. The number of hydrogen-bond donors (Lipinski definition) is 2. The van der Waals surface area contributed by atoms with Crippen molar-refractivity contribution in [1.82, 2.24) is 9.97 Å². The molecule has 3 rings (SSSR count). The molecule has 26 heavy (non-hydrogen) atoms. The minimum Gasteiger partial charge on any atom is -0.495 e. The number of nitrogens with one attached hydrogen (secondary N) is 2. The second-order valence-electron chi connectivity index (χ2n) is 5.48. The predicted octanol–water partition coefficient (Wildman–Crippen LogP) is 3.90. The van der Waals surface area contributed by atoms with Gasteiger partial charge >= 0.3 is 0 Å². The Labute approximate surface area is 155 Å². The van der Waals surface area contributed by atoms with E-state index in [0.717, 1.165) is 11.3 Å². The average Bonchev–Trinajstić information content (AvgIpc) is 3.17. The molecule has 0 saturated carbocycles. The van der Waals surface area contributed by atoms with Crippen LogP contribution >= 0.6 is 11.6 Å². The van der Waals surface area contributed by atoms with Crippen LogP contribution in [0.2, 0.25) is 5.02 Å². The van der Waals surface area contributed by atoms with Gasteiger partial charge in [0.05, 0.1) is 31.2 Å². The van der Waals surface area contributed by atoms with Crippen LogP contribution in [0.1, 0.15) is 21.7 Å². The summed E-state index contributed by atoms with van der Waals surface area (Å²) in [5, 5.41) is 6.36. The zero-order valence-electron chi connectivity index (χ0n) is 14.2. The lowest BCUT2D eigenvalue weighted by molar-refractivity contribution is 0.102. The van der Waals surface area contributed by atoms with E-state index in [2.05, 4.69) is 20.6 Å². The molecule has 134 valence electrons. The molecule has 7 nitrogen and oxygen atoms in total. The molecule has 0 spiro atoms. The summed E-state index contributed by atoms with van der Waals surface area (Å²) >= 11 is 6.08. The van der Waals surface area contributed by atoms with E-state index in [9.17, 15) is 4.79 Å². The molecule has 0 aliphatic heterocycles. The number of nitrogens with zero attached hydrogens (tertiary/aromatic N) is 2. The third-order valence-electron chi connectivity index (χ3n) is 3.64. The SMILES string of the molecule is COc1cc(Cl)c(C)cc1NC(=O)c1cnc(NCc2ccco2)nc1. The Bertz CT molecular complexity index is 896. The molecule has 3 aromatic rings. The van der Waals surface area contributed by atoms with Gasteiger partial charge in [0, 0.05) is 23.5 Å². The molecule has 1 amide bonds. The predicted molar refractivity (Wildman–Crippen MR) is 98.8 cm³/mol. The van der Waals surface area contributed by atoms with Gasteiger partial charge in [0.2, 0.25) is 5.95 Å². The maximum absolute atomic E-state index is 12.4. The molecule has 0 aliphatic rings.